The summed E-state index contributed by atoms with van der Waals surface area (Å²) in [5, 5.41) is 0.952. The molecule has 0 radical (unpaired) electrons. The van der Waals surface area contributed by atoms with E-state index in [1.165, 1.54) is 0 Å². The molecule has 0 aliphatic rings. The molecule has 0 bridgehead atoms. The molecule has 1 aromatic carbocycles. The largest absolute Gasteiger partial charge is 0.465 e. The summed E-state index contributed by atoms with van der Waals surface area (Å²) in [6.07, 6.45) is 0.0371. The first-order chi connectivity index (χ1) is 7.65. The first-order valence-electron chi connectivity index (χ1n) is 4.73. The van der Waals surface area contributed by atoms with Crippen LogP contribution in [0.15, 0.2) is 18.2 Å². The van der Waals surface area contributed by atoms with Gasteiger partial charge in [-0.3, -0.25) is 4.79 Å². The Labute approximate surface area is 105 Å². The van der Waals surface area contributed by atoms with Gasteiger partial charge in [0.15, 0.2) is 0 Å². The van der Waals surface area contributed by atoms with E-state index in [2.05, 4.69) is 11.8 Å². The Morgan fingerprint density at radius 3 is 2.56 bits per heavy atom. The minimum Gasteiger partial charge on any atom is -0.465 e. The molecule has 0 spiro atoms. The molecule has 0 unspecified atom stereocenters. The fourth-order valence-corrected chi connectivity index (χ4v) is 1.53. The maximum atomic E-state index is 11.0. The number of benzene rings is 1. The highest BCUT2D eigenvalue weighted by molar-refractivity contribution is 6.36. The lowest BCUT2D eigenvalue weighted by Gasteiger charge is -1.98. The normalized spacial score (nSPS) is 9.19. The van der Waals surface area contributed by atoms with Gasteiger partial charge in [-0.25, -0.2) is 0 Å². The third-order valence-electron chi connectivity index (χ3n) is 1.71. The predicted molar refractivity (Wildman–Crippen MR) is 64.6 cm³/mol. The summed E-state index contributed by atoms with van der Waals surface area (Å²) in [6.45, 7) is 2.10. The lowest BCUT2D eigenvalue weighted by molar-refractivity contribution is -0.141. The summed E-state index contributed by atoms with van der Waals surface area (Å²) in [4.78, 5) is 11.0. The summed E-state index contributed by atoms with van der Waals surface area (Å²) in [5.41, 5.74) is 0.537. The molecule has 4 heteroatoms. The molecule has 1 aromatic rings. The molecule has 16 heavy (non-hydrogen) atoms. The number of carbonyl (C=O) groups is 1. The minimum absolute atomic E-state index is 0.0371. The van der Waals surface area contributed by atoms with Crippen molar-refractivity contribution in [2.75, 3.05) is 6.61 Å². The smallest absolute Gasteiger partial charge is 0.317 e. The predicted octanol–water partition coefficient (Wildman–Crippen LogP) is 3.30. The van der Waals surface area contributed by atoms with Crippen LogP contribution in [-0.4, -0.2) is 12.6 Å². The second-order valence-electron chi connectivity index (χ2n) is 2.88. The summed E-state index contributed by atoms with van der Waals surface area (Å²) in [6, 6.07) is 5.13. The van der Waals surface area contributed by atoms with E-state index in [4.69, 9.17) is 27.9 Å². The lowest BCUT2D eigenvalue weighted by Crippen LogP contribution is -2.01. The molecule has 0 atom stereocenters. The average Bonchev–Trinajstić information content (AvgIpc) is 2.23. The van der Waals surface area contributed by atoms with Crippen LogP contribution < -0.4 is 0 Å². The van der Waals surface area contributed by atoms with Gasteiger partial charge in [0.25, 0.3) is 0 Å². The van der Waals surface area contributed by atoms with Crippen molar-refractivity contribution in [1.29, 1.82) is 0 Å². The maximum Gasteiger partial charge on any atom is 0.317 e. The van der Waals surface area contributed by atoms with E-state index in [-0.39, 0.29) is 12.4 Å². The molecular weight excluding hydrogens is 247 g/mol. The van der Waals surface area contributed by atoms with Crippen LogP contribution in [0.2, 0.25) is 10.0 Å². The summed E-state index contributed by atoms with van der Waals surface area (Å²) < 4.78 is 4.73. The highest BCUT2D eigenvalue weighted by atomic mass is 35.5. The van der Waals surface area contributed by atoms with Gasteiger partial charge in [0.1, 0.15) is 6.42 Å². The summed E-state index contributed by atoms with van der Waals surface area (Å²) >= 11 is 11.8. The zero-order valence-corrected chi connectivity index (χ0v) is 10.2. The Bertz CT molecular complexity index is 424. The van der Waals surface area contributed by atoms with Crippen molar-refractivity contribution in [2.24, 2.45) is 0 Å². The van der Waals surface area contributed by atoms with E-state index in [9.17, 15) is 4.79 Å². The third-order valence-corrected chi connectivity index (χ3v) is 2.34. The number of hydrogen-bond acceptors (Lipinski definition) is 2. The molecule has 0 aliphatic carbocycles. The second-order valence-corrected chi connectivity index (χ2v) is 3.69. The van der Waals surface area contributed by atoms with Gasteiger partial charge in [0, 0.05) is 0 Å². The standard InChI is InChI=1S/C12H10Cl2O2/c1-2-16-12(15)8-3-5-9-10(13)6-4-7-11(9)14/h4,6-7H,2,8H2,1H3. The topological polar surface area (TPSA) is 26.3 Å². The molecule has 0 amide bonds. The first kappa shape index (κ1) is 12.9. The average molecular weight is 257 g/mol. The number of hydrogen-bond donors (Lipinski definition) is 0. The number of ether oxygens (including phenoxy) is 1. The van der Waals surface area contributed by atoms with Crippen molar-refractivity contribution < 1.29 is 9.53 Å². The van der Waals surface area contributed by atoms with Gasteiger partial charge < -0.3 is 4.74 Å². The van der Waals surface area contributed by atoms with Gasteiger partial charge in [0.05, 0.1) is 22.2 Å². The first-order valence-corrected chi connectivity index (χ1v) is 5.49. The van der Waals surface area contributed by atoms with Crippen LogP contribution in [0.4, 0.5) is 0 Å². The van der Waals surface area contributed by atoms with Crippen LogP contribution in [0.25, 0.3) is 0 Å². The van der Waals surface area contributed by atoms with Crippen LogP contribution in [0.5, 0.6) is 0 Å². The van der Waals surface area contributed by atoms with Gasteiger partial charge in [-0.1, -0.05) is 41.1 Å². The SMILES string of the molecule is CCOC(=O)CC#Cc1c(Cl)cccc1Cl. The zero-order chi connectivity index (χ0) is 12.0. The lowest BCUT2D eigenvalue weighted by atomic mass is 10.2. The van der Waals surface area contributed by atoms with Crippen molar-refractivity contribution in [3.05, 3.63) is 33.8 Å². The van der Waals surface area contributed by atoms with Crippen LogP contribution >= 0.6 is 23.2 Å². The van der Waals surface area contributed by atoms with Crippen LogP contribution in [-0.2, 0) is 9.53 Å². The maximum absolute atomic E-state index is 11.0. The van der Waals surface area contributed by atoms with Gasteiger partial charge >= 0.3 is 5.97 Å². The van der Waals surface area contributed by atoms with E-state index < -0.39 is 0 Å². The highest BCUT2D eigenvalue weighted by Crippen LogP contribution is 2.22. The van der Waals surface area contributed by atoms with E-state index in [1.54, 1.807) is 25.1 Å². The van der Waals surface area contributed by atoms with Crippen molar-refractivity contribution in [3.8, 4) is 11.8 Å². The Hall–Kier alpha value is -1.17. The summed E-state index contributed by atoms with van der Waals surface area (Å²) in [7, 11) is 0. The Balaban J connectivity index is 2.74. The Morgan fingerprint density at radius 2 is 2.00 bits per heavy atom. The minimum atomic E-state index is -0.349. The van der Waals surface area contributed by atoms with Crippen LogP contribution in [0, 0.1) is 11.8 Å². The van der Waals surface area contributed by atoms with Crippen molar-refractivity contribution in [1.82, 2.24) is 0 Å². The van der Waals surface area contributed by atoms with Gasteiger partial charge in [-0.05, 0) is 19.1 Å². The fraction of sp³-hybridized carbons (Fsp3) is 0.250. The quantitative estimate of drug-likeness (QED) is 0.600. The fourth-order valence-electron chi connectivity index (χ4n) is 1.03. The van der Waals surface area contributed by atoms with Crippen molar-refractivity contribution >= 4 is 29.2 Å². The molecule has 0 saturated carbocycles. The molecule has 0 saturated heterocycles. The molecule has 0 aromatic heterocycles. The monoisotopic (exact) mass is 256 g/mol. The molecule has 2 nitrogen and oxygen atoms in total. The number of rotatable bonds is 2. The Kier molecular flexibility index (Phi) is 5.18. The van der Waals surface area contributed by atoms with Crippen molar-refractivity contribution in [3.63, 3.8) is 0 Å². The van der Waals surface area contributed by atoms with Gasteiger partial charge in [-0.15, -0.1) is 0 Å². The molecule has 0 aliphatic heterocycles. The number of esters is 1. The van der Waals surface area contributed by atoms with Crippen LogP contribution in [0.1, 0.15) is 18.9 Å². The molecule has 0 heterocycles. The zero-order valence-electron chi connectivity index (χ0n) is 8.72. The molecule has 0 N–H and O–H groups in total. The molecule has 84 valence electrons. The van der Waals surface area contributed by atoms with Gasteiger partial charge in [-0.2, -0.15) is 0 Å². The highest BCUT2D eigenvalue weighted by Gasteiger charge is 2.02. The van der Waals surface area contributed by atoms with E-state index in [0.717, 1.165) is 0 Å². The van der Waals surface area contributed by atoms with Crippen LogP contribution in [0.3, 0.4) is 0 Å². The second kappa shape index (κ2) is 6.42. The van der Waals surface area contributed by atoms with Gasteiger partial charge in [0.2, 0.25) is 0 Å². The van der Waals surface area contributed by atoms with Crippen molar-refractivity contribution in [2.45, 2.75) is 13.3 Å². The number of halogens is 2. The van der Waals surface area contributed by atoms with E-state index >= 15 is 0 Å². The number of carbonyl (C=O) groups excluding carboxylic acids is 1. The molecule has 1 rings (SSSR count). The summed E-state index contributed by atoms with van der Waals surface area (Å²) in [5.74, 6) is 5.08. The molecular formula is C12H10Cl2O2. The third kappa shape index (κ3) is 3.77. The van der Waals surface area contributed by atoms with E-state index in [1.807, 2.05) is 0 Å². The Morgan fingerprint density at radius 1 is 1.38 bits per heavy atom. The van der Waals surface area contributed by atoms with E-state index in [0.29, 0.717) is 22.2 Å². The molecule has 0 fully saturated rings.